The highest BCUT2D eigenvalue weighted by Crippen LogP contribution is 2.34. The molecule has 2 heterocycles. The number of carbonyl (C=O) groups excluding carboxylic acids is 1. The molecule has 0 bridgehead atoms. The first-order valence-corrected chi connectivity index (χ1v) is 7.33. The monoisotopic (exact) mass is 267 g/mol. The van der Waals surface area contributed by atoms with Crippen LogP contribution in [-0.4, -0.2) is 23.4 Å². The van der Waals surface area contributed by atoms with E-state index in [0.717, 1.165) is 19.4 Å². The molecule has 0 aromatic carbocycles. The van der Waals surface area contributed by atoms with Gasteiger partial charge in [-0.25, -0.2) is 5.84 Å². The van der Waals surface area contributed by atoms with Crippen molar-refractivity contribution in [2.24, 2.45) is 5.84 Å². The predicted octanol–water partition coefficient (Wildman–Crippen LogP) is 1.83. The highest BCUT2D eigenvalue weighted by molar-refractivity contribution is 7.10. The zero-order valence-electron chi connectivity index (χ0n) is 11.0. The molecule has 4 nitrogen and oxygen atoms in total. The number of nitrogens with one attached hydrogen (secondary N) is 1. The number of fused-ring (bicyclic) bond motifs is 1. The molecule has 0 fully saturated rings. The third-order valence-corrected chi connectivity index (χ3v) is 4.84. The van der Waals surface area contributed by atoms with Gasteiger partial charge in [-0.2, -0.15) is 0 Å². The lowest BCUT2D eigenvalue weighted by Crippen LogP contribution is -2.40. The minimum atomic E-state index is -0.0808. The summed E-state index contributed by atoms with van der Waals surface area (Å²) in [6.07, 6.45) is 2.48. The molecule has 0 saturated heterocycles. The number of thiophene rings is 1. The Hall–Kier alpha value is -0.910. The summed E-state index contributed by atoms with van der Waals surface area (Å²) in [5.74, 6) is 5.02. The normalized spacial score (nSPS) is 21.4. The van der Waals surface area contributed by atoms with E-state index in [1.54, 1.807) is 0 Å². The molecule has 100 valence electrons. The molecule has 1 amide bonds. The number of nitrogens with two attached hydrogens (primary N) is 1. The lowest BCUT2D eigenvalue weighted by molar-refractivity contribution is -0.121. The van der Waals surface area contributed by atoms with Gasteiger partial charge in [-0.1, -0.05) is 0 Å². The zero-order valence-corrected chi connectivity index (χ0v) is 11.8. The smallest absolute Gasteiger partial charge is 0.233 e. The van der Waals surface area contributed by atoms with Crippen LogP contribution in [0.25, 0.3) is 0 Å². The fraction of sp³-hybridized carbons (Fsp3) is 0.615. The fourth-order valence-corrected chi connectivity index (χ4v) is 3.67. The van der Waals surface area contributed by atoms with Gasteiger partial charge in [-0.15, -0.1) is 11.3 Å². The molecule has 1 aliphatic rings. The minimum absolute atomic E-state index is 0.0808. The lowest BCUT2D eigenvalue weighted by Gasteiger charge is -2.38. The first-order chi connectivity index (χ1) is 8.63. The van der Waals surface area contributed by atoms with Crippen molar-refractivity contribution in [3.63, 3.8) is 0 Å². The van der Waals surface area contributed by atoms with Gasteiger partial charge in [0.1, 0.15) is 0 Å². The summed E-state index contributed by atoms with van der Waals surface area (Å²) < 4.78 is 0. The van der Waals surface area contributed by atoms with Crippen LogP contribution in [0.1, 0.15) is 43.2 Å². The maximum absolute atomic E-state index is 11.2. The average molecular weight is 267 g/mol. The molecule has 2 unspecified atom stereocenters. The maximum Gasteiger partial charge on any atom is 0.233 e. The molecular weight excluding hydrogens is 246 g/mol. The van der Waals surface area contributed by atoms with E-state index in [1.807, 2.05) is 11.3 Å². The van der Waals surface area contributed by atoms with Crippen LogP contribution < -0.4 is 11.3 Å². The quantitative estimate of drug-likeness (QED) is 0.497. The van der Waals surface area contributed by atoms with Gasteiger partial charge in [0.15, 0.2) is 0 Å². The van der Waals surface area contributed by atoms with Crippen molar-refractivity contribution in [2.45, 2.75) is 45.2 Å². The van der Waals surface area contributed by atoms with Crippen LogP contribution >= 0.6 is 11.3 Å². The Balaban J connectivity index is 1.96. The second-order valence-corrected chi connectivity index (χ2v) is 5.92. The van der Waals surface area contributed by atoms with Crippen molar-refractivity contribution in [3.8, 4) is 0 Å². The number of hydrogen-bond acceptors (Lipinski definition) is 4. The van der Waals surface area contributed by atoms with Crippen molar-refractivity contribution in [2.75, 3.05) is 6.54 Å². The number of hydrogen-bond donors (Lipinski definition) is 2. The number of amides is 1. The van der Waals surface area contributed by atoms with Crippen LogP contribution in [0, 0.1) is 0 Å². The molecule has 3 N–H and O–H groups in total. The molecule has 0 saturated carbocycles. The average Bonchev–Trinajstić information content (AvgIpc) is 2.85. The molecule has 5 heteroatoms. The van der Waals surface area contributed by atoms with Crippen LogP contribution in [-0.2, 0) is 11.2 Å². The second-order valence-electron chi connectivity index (χ2n) is 4.92. The first-order valence-electron chi connectivity index (χ1n) is 6.45. The largest absolute Gasteiger partial charge is 0.294 e. The molecule has 0 spiro atoms. The first kappa shape index (κ1) is 13.5. The standard InChI is InChI=1S/C13H21N3OS/c1-9(3-4-13(17)15-14)16-7-5-12-11(10(16)2)6-8-18-12/h6,8-10H,3-5,7,14H2,1-2H3,(H,15,17). The van der Waals surface area contributed by atoms with E-state index < -0.39 is 0 Å². The SMILES string of the molecule is CC(CCC(=O)NN)N1CCc2sccc2C1C. The Labute approximate surface area is 112 Å². The van der Waals surface area contributed by atoms with Gasteiger partial charge in [0.05, 0.1) is 0 Å². The van der Waals surface area contributed by atoms with Crippen molar-refractivity contribution >= 4 is 17.2 Å². The summed E-state index contributed by atoms with van der Waals surface area (Å²) in [6, 6.07) is 3.09. The summed E-state index contributed by atoms with van der Waals surface area (Å²) in [5.41, 5.74) is 3.65. The van der Waals surface area contributed by atoms with Crippen molar-refractivity contribution in [3.05, 3.63) is 21.9 Å². The molecule has 1 aromatic rings. The van der Waals surface area contributed by atoms with Crippen molar-refractivity contribution < 1.29 is 4.79 Å². The highest BCUT2D eigenvalue weighted by Gasteiger charge is 2.27. The molecule has 2 atom stereocenters. The summed E-state index contributed by atoms with van der Waals surface area (Å²) in [7, 11) is 0. The van der Waals surface area contributed by atoms with Crippen molar-refractivity contribution in [1.29, 1.82) is 0 Å². The Kier molecular flexibility index (Phi) is 4.37. The molecule has 1 aliphatic heterocycles. The molecule has 0 aliphatic carbocycles. The summed E-state index contributed by atoms with van der Waals surface area (Å²) in [6.45, 7) is 5.53. The molecule has 2 rings (SSSR count). The van der Waals surface area contributed by atoms with E-state index in [1.165, 1.54) is 10.4 Å². The van der Waals surface area contributed by atoms with Gasteiger partial charge < -0.3 is 0 Å². The van der Waals surface area contributed by atoms with Crippen LogP contribution in [0.15, 0.2) is 11.4 Å². The Bertz CT molecular complexity index is 418. The predicted molar refractivity (Wildman–Crippen MR) is 74.2 cm³/mol. The summed E-state index contributed by atoms with van der Waals surface area (Å²) >= 11 is 1.86. The van der Waals surface area contributed by atoms with Crippen LogP contribution in [0.2, 0.25) is 0 Å². The Morgan fingerprint density at radius 3 is 3.22 bits per heavy atom. The van der Waals surface area contributed by atoms with Gasteiger partial charge in [0.2, 0.25) is 5.91 Å². The molecule has 1 aromatic heterocycles. The van der Waals surface area contributed by atoms with E-state index in [2.05, 4.69) is 35.6 Å². The molecule has 0 radical (unpaired) electrons. The van der Waals surface area contributed by atoms with Gasteiger partial charge in [0.25, 0.3) is 0 Å². The van der Waals surface area contributed by atoms with E-state index in [9.17, 15) is 4.79 Å². The van der Waals surface area contributed by atoms with Gasteiger partial charge in [-0.05, 0) is 43.7 Å². The molecular formula is C13H21N3OS. The third-order valence-electron chi connectivity index (χ3n) is 3.84. The van der Waals surface area contributed by atoms with Crippen LogP contribution in [0.5, 0.6) is 0 Å². The number of hydrazine groups is 1. The summed E-state index contributed by atoms with van der Waals surface area (Å²) in [5, 5.41) is 2.18. The highest BCUT2D eigenvalue weighted by atomic mass is 32.1. The van der Waals surface area contributed by atoms with Crippen LogP contribution in [0.4, 0.5) is 0 Å². The number of carbonyl (C=O) groups is 1. The lowest BCUT2D eigenvalue weighted by atomic mass is 9.98. The zero-order chi connectivity index (χ0) is 13.1. The topological polar surface area (TPSA) is 58.4 Å². The van der Waals surface area contributed by atoms with E-state index in [0.29, 0.717) is 18.5 Å². The Morgan fingerprint density at radius 2 is 2.50 bits per heavy atom. The number of nitrogens with zero attached hydrogens (tertiary/aromatic N) is 1. The fourth-order valence-electron chi connectivity index (χ4n) is 2.71. The van der Waals surface area contributed by atoms with Crippen LogP contribution in [0.3, 0.4) is 0 Å². The van der Waals surface area contributed by atoms with E-state index in [4.69, 9.17) is 5.84 Å². The second kappa shape index (κ2) is 5.82. The van der Waals surface area contributed by atoms with Gasteiger partial charge in [-0.3, -0.25) is 15.1 Å². The third kappa shape index (κ3) is 2.74. The van der Waals surface area contributed by atoms with Gasteiger partial charge >= 0.3 is 0 Å². The Morgan fingerprint density at radius 1 is 1.72 bits per heavy atom. The molecule has 18 heavy (non-hydrogen) atoms. The number of rotatable bonds is 4. The van der Waals surface area contributed by atoms with Gasteiger partial charge in [0, 0.05) is 29.9 Å². The maximum atomic E-state index is 11.2. The minimum Gasteiger partial charge on any atom is -0.294 e. The van der Waals surface area contributed by atoms with E-state index >= 15 is 0 Å². The van der Waals surface area contributed by atoms with E-state index in [-0.39, 0.29) is 5.91 Å². The van der Waals surface area contributed by atoms with Crippen molar-refractivity contribution in [1.82, 2.24) is 10.3 Å². The summed E-state index contributed by atoms with van der Waals surface area (Å²) in [4.78, 5) is 15.2.